The number of anilines is 1. The van der Waals surface area contributed by atoms with Crippen molar-refractivity contribution in [2.45, 2.75) is 46.1 Å². The quantitative estimate of drug-likeness (QED) is 0.785. The third kappa shape index (κ3) is 5.76. The molecule has 0 saturated carbocycles. The van der Waals surface area contributed by atoms with Crippen LogP contribution < -0.4 is 15.2 Å². The van der Waals surface area contributed by atoms with E-state index in [9.17, 15) is 17.8 Å². The highest BCUT2D eigenvalue weighted by atomic mass is 32.2. The van der Waals surface area contributed by atoms with Crippen LogP contribution in [0.1, 0.15) is 50.7 Å². The van der Waals surface area contributed by atoms with Crippen LogP contribution in [0.4, 0.5) is 19.3 Å². The summed E-state index contributed by atoms with van der Waals surface area (Å²) in [5, 5.41) is 7.49. The molecular weight excluding hydrogens is 328 g/mol. The van der Waals surface area contributed by atoms with Crippen LogP contribution in [0.2, 0.25) is 0 Å². The Morgan fingerprint density at radius 2 is 1.70 bits per heavy atom. The fourth-order valence-corrected chi connectivity index (χ4v) is 2.31. The smallest absolute Gasteiger partial charge is 0.387 e. The summed E-state index contributed by atoms with van der Waals surface area (Å²) in [6.45, 7) is 4.45. The van der Waals surface area contributed by atoms with E-state index in [4.69, 9.17) is 5.14 Å². The van der Waals surface area contributed by atoms with Gasteiger partial charge in [0.15, 0.2) is 0 Å². The zero-order chi connectivity index (χ0) is 17.7. The van der Waals surface area contributed by atoms with Crippen LogP contribution >= 0.6 is 0 Å². The standard InChI is InChI=1S/C14H20F2N3O3S/c1-7(2)10-5-9(22-13(15)16)6-11(8(3)4)12(10)18-14(20)19-23(17)21/h5-8,13H,1-4H3,(H3,17,18,19,20,21)/q-1. The van der Waals surface area contributed by atoms with E-state index in [1.54, 1.807) is 0 Å². The van der Waals surface area contributed by atoms with Gasteiger partial charge in [0.1, 0.15) is 5.75 Å². The van der Waals surface area contributed by atoms with Crippen LogP contribution in [0.15, 0.2) is 16.5 Å². The van der Waals surface area contributed by atoms with E-state index in [1.807, 2.05) is 27.7 Å². The number of carbonyl (C=O) groups is 1. The molecule has 1 rings (SSSR count). The molecular formula is C14H20F2N3O3S-. The highest BCUT2D eigenvalue weighted by molar-refractivity contribution is 7.72. The zero-order valence-corrected chi connectivity index (χ0v) is 14.1. The molecule has 6 nitrogen and oxygen atoms in total. The number of hydrogen-bond acceptors (Lipinski definition) is 4. The summed E-state index contributed by atoms with van der Waals surface area (Å²) in [7, 11) is -2.13. The number of hydrogen-bond donors (Lipinski definition) is 2. The zero-order valence-electron chi connectivity index (χ0n) is 13.3. The molecule has 0 saturated heterocycles. The average molecular weight is 348 g/mol. The van der Waals surface area contributed by atoms with E-state index in [-0.39, 0.29) is 17.6 Å². The number of alkyl halides is 2. The van der Waals surface area contributed by atoms with Gasteiger partial charge in [-0.3, -0.25) is 0 Å². The van der Waals surface area contributed by atoms with Crippen LogP contribution in [0.3, 0.4) is 0 Å². The summed E-state index contributed by atoms with van der Waals surface area (Å²) in [4.78, 5) is 11.7. The number of rotatable bonds is 5. The molecule has 0 unspecified atom stereocenters. The number of nitrogens with zero attached hydrogens (tertiary/aromatic N) is 1. The molecule has 0 aromatic heterocycles. The molecule has 130 valence electrons. The molecule has 9 heteroatoms. The first kappa shape index (κ1) is 19.3. The third-order valence-corrected chi connectivity index (χ3v) is 3.39. The Bertz CT molecular complexity index is 628. The molecule has 0 aliphatic heterocycles. The lowest BCUT2D eigenvalue weighted by Crippen LogP contribution is -2.14. The molecule has 0 fully saturated rings. The first-order chi connectivity index (χ1) is 10.6. The second-order valence-corrected chi connectivity index (χ2v) is 6.20. The Balaban J connectivity index is 3.42. The second-order valence-electron chi connectivity index (χ2n) is 5.46. The van der Waals surface area contributed by atoms with Crippen molar-refractivity contribution in [1.29, 1.82) is 0 Å². The van der Waals surface area contributed by atoms with Crippen LogP contribution in [0.25, 0.3) is 0 Å². The lowest BCUT2D eigenvalue weighted by Gasteiger charge is -2.21. The molecule has 1 aromatic rings. The maximum absolute atomic E-state index is 12.5. The summed E-state index contributed by atoms with van der Waals surface area (Å²) in [6, 6.07) is 2.02. The molecule has 0 aliphatic rings. The van der Waals surface area contributed by atoms with Crippen LogP contribution in [0.5, 0.6) is 5.75 Å². The minimum absolute atomic E-state index is 0.0183. The minimum Gasteiger partial charge on any atom is -0.435 e. The molecule has 0 heterocycles. The van der Waals surface area contributed by atoms with Gasteiger partial charge in [-0.25, -0.2) is 4.79 Å². The van der Waals surface area contributed by atoms with E-state index < -0.39 is 23.4 Å². The Hall–Kier alpha value is -1.74. The van der Waals surface area contributed by atoms with Crippen molar-refractivity contribution >= 4 is 22.5 Å². The van der Waals surface area contributed by atoms with Crippen molar-refractivity contribution in [3.63, 3.8) is 0 Å². The maximum Gasteiger partial charge on any atom is 0.387 e. The second kappa shape index (κ2) is 8.21. The van der Waals surface area contributed by atoms with Gasteiger partial charge < -0.3 is 23.8 Å². The molecule has 0 radical (unpaired) electrons. The number of ether oxygens (including phenoxy) is 1. The molecule has 0 bridgehead atoms. The highest BCUT2D eigenvalue weighted by Crippen LogP contribution is 2.37. The van der Waals surface area contributed by atoms with Crippen LogP contribution in [-0.4, -0.2) is 12.6 Å². The van der Waals surface area contributed by atoms with Gasteiger partial charge in [0.2, 0.25) is 0 Å². The number of urea groups is 1. The highest BCUT2D eigenvalue weighted by Gasteiger charge is 2.19. The monoisotopic (exact) mass is 348 g/mol. The van der Waals surface area contributed by atoms with E-state index in [1.165, 1.54) is 12.1 Å². The largest absolute Gasteiger partial charge is 0.435 e. The Morgan fingerprint density at radius 1 is 1.22 bits per heavy atom. The summed E-state index contributed by atoms with van der Waals surface area (Å²) in [6.07, 6.45) is 0. The lowest BCUT2D eigenvalue weighted by atomic mass is 9.92. The summed E-state index contributed by atoms with van der Waals surface area (Å²) in [5.74, 6) is -0.135. The molecule has 1 aromatic carbocycles. The third-order valence-electron chi connectivity index (χ3n) is 3.05. The number of halogens is 2. The van der Waals surface area contributed by atoms with Gasteiger partial charge >= 0.3 is 12.6 Å². The minimum atomic E-state index is -2.94. The summed E-state index contributed by atoms with van der Waals surface area (Å²) < 4.78 is 43.5. The van der Waals surface area contributed by atoms with Crippen LogP contribution in [-0.2, 0) is 15.0 Å². The molecule has 0 atom stereocenters. The van der Waals surface area contributed by atoms with E-state index in [2.05, 4.69) is 14.4 Å². The molecule has 3 N–H and O–H groups in total. The molecule has 2 amide bonds. The normalized spacial score (nSPS) is 13.0. The first-order valence-electron chi connectivity index (χ1n) is 6.93. The summed E-state index contributed by atoms with van der Waals surface area (Å²) >= 11 is 0. The fourth-order valence-electron chi connectivity index (χ4n) is 2.10. The predicted molar refractivity (Wildman–Crippen MR) is 84.9 cm³/mol. The summed E-state index contributed by atoms with van der Waals surface area (Å²) in [5.41, 5.74) is 1.66. The van der Waals surface area contributed by atoms with Gasteiger partial charge in [0.05, 0.1) is 0 Å². The number of carbonyl (C=O) groups excluding carboxylic acids is 1. The van der Waals surface area contributed by atoms with E-state index >= 15 is 0 Å². The van der Waals surface area contributed by atoms with Gasteiger partial charge in [-0.2, -0.15) is 8.78 Å². The Kier molecular flexibility index (Phi) is 6.89. The Morgan fingerprint density at radius 3 is 2.04 bits per heavy atom. The topological polar surface area (TPSA) is 93.8 Å². The fraction of sp³-hybridized carbons (Fsp3) is 0.500. The van der Waals surface area contributed by atoms with Crippen molar-refractivity contribution in [2.24, 2.45) is 9.50 Å². The van der Waals surface area contributed by atoms with Gasteiger partial charge in [0.25, 0.3) is 0 Å². The Labute approximate surface area is 135 Å². The SMILES string of the molecule is CC(C)c1cc(OC(F)F)cc(C(C)C)c1NC(=O)/N=[S-](\N)=O. The van der Waals surface area contributed by atoms with Crippen molar-refractivity contribution in [3.8, 4) is 5.75 Å². The first-order valence-corrected chi connectivity index (χ1v) is 8.10. The van der Waals surface area contributed by atoms with Gasteiger partial charge in [-0.1, -0.05) is 27.7 Å². The molecule has 0 aliphatic carbocycles. The van der Waals surface area contributed by atoms with Crippen molar-refractivity contribution in [2.75, 3.05) is 5.32 Å². The van der Waals surface area contributed by atoms with E-state index in [0.29, 0.717) is 16.8 Å². The van der Waals surface area contributed by atoms with Crippen molar-refractivity contribution in [1.82, 2.24) is 0 Å². The van der Waals surface area contributed by atoms with Crippen molar-refractivity contribution < 1.29 is 22.5 Å². The van der Waals surface area contributed by atoms with E-state index in [0.717, 1.165) is 0 Å². The molecule has 0 spiro atoms. The lowest BCUT2D eigenvalue weighted by molar-refractivity contribution is -0.0499. The number of benzene rings is 1. The number of amides is 2. The van der Waals surface area contributed by atoms with Gasteiger partial charge in [-0.15, -0.1) is 10.8 Å². The van der Waals surface area contributed by atoms with Crippen molar-refractivity contribution in [3.05, 3.63) is 23.3 Å². The number of nitrogens with one attached hydrogen (secondary N) is 1. The van der Waals surface area contributed by atoms with Gasteiger partial charge in [0, 0.05) is 5.69 Å². The molecule has 23 heavy (non-hydrogen) atoms. The average Bonchev–Trinajstić information content (AvgIpc) is 2.37. The maximum atomic E-state index is 12.5. The number of nitrogens with two attached hydrogens (primary N) is 1. The predicted octanol–water partition coefficient (Wildman–Crippen LogP) is 4.09. The van der Waals surface area contributed by atoms with Gasteiger partial charge in [-0.05, 0) is 35.1 Å². The van der Waals surface area contributed by atoms with Crippen LogP contribution in [0, 0.1) is 0 Å².